The number of rotatable bonds is 4. The van der Waals surface area contributed by atoms with Crippen LogP contribution in [0.4, 0.5) is 16.2 Å². The van der Waals surface area contributed by atoms with E-state index in [0.717, 1.165) is 25.9 Å². The monoisotopic (exact) mass is 306 g/mol. The number of nitrogens with one attached hydrogen (secondary N) is 2. The van der Waals surface area contributed by atoms with Crippen LogP contribution in [-0.4, -0.2) is 42.0 Å². The van der Waals surface area contributed by atoms with Gasteiger partial charge in [-0.2, -0.15) is 0 Å². The average Bonchev–Trinajstić information content (AvgIpc) is 2.47. The summed E-state index contributed by atoms with van der Waals surface area (Å²) in [6.07, 6.45) is 2.13. The fraction of sp³-hybridized carbons (Fsp3) is 0.533. The molecule has 2 rings (SSSR count). The van der Waals surface area contributed by atoms with Crippen LogP contribution >= 0.6 is 0 Å². The third-order valence-electron chi connectivity index (χ3n) is 4.14. The summed E-state index contributed by atoms with van der Waals surface area (Å²) in [5.41, 5.74) is 0.378. The van der Waals surface area contributed by atoms with Crippen molar-refractivity contribution in [3.05, 3.63) is 34.4 Å². The van der Waals surface area contributed by atoms with Crippen molar-refractivity contribution < 1.29 is 9.72 Å². The summed E-state index contributed by atoms with van der Waals surface area (Å²) in [4.78, 5) is 24.5. The van der Waals surface area contributed by atoms with Crippen molar-refractivity contribution in [2.45, 2.75) is 25.8 Å². The van der Waals surface area contributed by atoms with Crippen LogP contribution in [0.3, 0.4) is 0 Å². The van der Waals surface area contributed by atoms with E-state index in [1.165, 1.54) is 12.1 Å². The number of hydrogen-bond acceptors (Lipinski definition) is 4. The van der Waals surface area contributed by atoms with Crippen molar-refractivity contribution in [1.29, 1.82) is 0 Å². The van der Waals surface area contributed by atoms with Crippen LogP contribution in [0.2, 0.25) is 0 Å². The lowest BCUT2D eigenvalue weighted by Crippen LogP contribution is -2.44. The lowest BCUT2D eigenvalue weighted by Gasteiger charge is -2.33. The summed E-state index contributed by atoms with van der Waals surface area (Å²) < 4.78 is 0. The molecule has 1 saturated heterocycles. The van der Waals surface area contributed by atoms with E-state index in [1.807, 2.05) is 6.92 Å². The molecule has 0 bridgehead atoms. The van der Waals surface area contributed by atoms with Gasteiger partial charge in [0, 0.05) is 23.9 Å². The molecule has 0 spiro atoms. The maximum atomic E-state index is 12.0. The zero-order valence-corrected chi connectivity index (χ0v) is 12.9. The molecule has 2 amide bonds. The van der Waals surface area contributed by atoms with E-state index in [2.05, 4.69) is 22.6 Å². The van der Waals surface area contributed by atoms with Crippen LogP contribution in [0.25, 0.3) is 0 Å². The van der Waals surface area contributed by atoms with E-state index in [9.17, 15) is 14.9 Å². The maximum absolute atomic E-state index is 12.0. The highest BCUT2D eigenvalue weighted by Crippen LogP contribution is 2.20. The summed E-state index contributed by atoms with van der Waals surface area (Å²) in [7, 11) is 2.10. The maximum Gasteiger partial charge on any atom is 0.319 e. The highest BCUT2D eigenvalue weighted by molar-refractivity contribution is 5.89. The quantitative estimate of drug-likeness (QED) is 0.660. The molecule has 1 aliphatic heterocycles. The number of likely N-dealkylation sites (tertiary alicyclic amines) is 1. The number of carbonyl (C=O) groups is 1. The summed E-state index contributed by atoms with van der Waals surface area (Å²) in [5, 5.41) is 16.3. The number of amides is 2. The second kappa shape index (κ2) is 7.22. The van der Waals surface area contributed by atoms with E-state index in [1.54, 1.807) is 12.1 Å². The van der Waals surface area contributed by atoms with Crippen LogP contribution in [0, 0.1) is 16.0 Å². The Kier molecular flexibility index (Phi) is 5.32. The van der Waals surface area contributed by atoms with Gasteiger partial charge in [-0.25, -0.2) is 4.79 Å². The molecule has 0 aliphatic carbocycles. The summed E-state index contributed by atoms with van der Waals surface area (Å²) in [6, 6.07) is 5.67. The molecule has 0 aromatic heterocycles. The van der Waals surface area contributed by atoms with Crippen molar-refractivity contribution >= 4 is 17.4 Å². The Labute approximate surface area is 129 Å². The number of anilines is 1. The van der Waals surface area contributed by atoms with E-state index in [4.69, 9.17) is 0 Å². The van der Waals surface area contributed by atoms with Gasteiger partial charge in [0.15, 0.2) is 0 Å². The van der Waals surface area contributed by atoms with Gasteiger partial charge in [-0.15, -0.1) is 0 Å². The molecule has 7 nitrogen and oxygen atoms in total. The van der Waals surface area contributed by atoms with E-state index >= 15 is 0 Å². The van der Waals surface area contributed by atoms with Crippen molar-refractivity contribution in [2.24, 2.45) is 5.92 Å². The minimum atomic E-state index is -0.482. The smallest absolute Gasteiger partial charge is 0.319 e. The molecule has 1 aliphatic rings. The summed E-state index contributed by atoms with van der Waals surface area (Å²) in [5.74, 6) is 0.465. The molecule has 0 saturated carbocycles. The molecule has 1 fully saturated rings. The second-order valence-corrected chi connectivity index (χ2v) is 5.84. The molecule has 1 aromatic rings. The molecule has 0 unspecified atom stereocenters. The topological polar surface area (TPSA) is 87.5 Å². The van der Waals surface area contributed by atoms with E-state index in [-0.39, 0.29) is 17.8 Å². The first kappa shape index (κ1) is 16.2. The first-order valence-electron chi connectivity index (χ1n) is 7.46. The van der Waals surface area contributed by atoms with Gasteiger partial charge in [0.1, 0.15) is 0 Å². The molecular weight excluding hydrogens is 284 g/mol. The number of nitro benzene ring substituents is 1. The highest BCUT2D eigenvalue weighted by atomic mass is 16.6. The molecule has 1 aromatic carbocycles. The average molecular weight is 306 g/mol. The SMILES string of the molecule is C[C@H](NC(=O)Nc1cccc([N+](=O)[O-])c1)C1CCN(C)CC1. The Bertz CT molecular complexity index is 541. The van der Waals surface area contributed by atoms with Gasteiger partial charge in [0.05, 0.1) is 4.92 Å². The Balaban J connectivity index is 1.87. The lowest BCUT2D eigenvalue weighted by molar-refractivity contribution is -0.384. The largest absolute Gasteiger partial charge is 0.335 e. The third kappa shape index (κ3) is 4.42. The minimum Gasteiger partial charge on any atom is -0.335 e. The van der Waals surface area contributed by atoms with Gasteiger partial charge in [-0.1, -0.05) is 6.07 Å². The Morgan fingerprint density at radius 3 is 2.73 bits per heavy atom. The van der Waals surface area contributed by atoms with Gasteiger partial charge in [-0.3, -0.25) is 10.1 Å². The molecule has 7 heteroatoms. The van der Waals surface area contributed by atoms with Crippen molar-refractivity contribution in [2.75, 3.05) is 25.5 Å². The molecule has 2 N–H and O–H groups in total. The number of non-ortho nitro benzene ring substituents is 1. The van der Waals surface area contributed by atoms with Crippen molar-refractivity contribution in [3.8, 4) is 0 Å². The Morgan fingerprint density at radius 1 is 1.41 bits per heavy atom. The lowest BCUT2D eigenvalue weighted by atomic mass is 9.91. The minimum absolute atomic E-state index is 0.0406. The number of urea groups is 1. The van der Waals surface area contributed by atoms with Crippen molar-refractivity contribution in [3.63, 3.8) is 0 Å². The number of benzene rings is 1. The normalized spacial score (nSPS) is 17.7. The number of hydrogen-bond donors (Lipinski definition) is 2. The van der Waals surface area contributed by atoms with Crippen LogP contribution in [0.15, 0.2) is 24.3 Å². The van der Waals surface area contributed by atoms with E-state index in [0.29, 0.717) is 11.6 Å². The number of piperidine rings is 1. The first-order valence-corrected chi connectivity index (χ1v) is 7.46. The zero-order valence-electron chi connectivity index (χ0n) is 12.9. The molecule has 0 radical (unpaired) electrons. The zero-order chi connectivity index (χ0) is 16.1. The van der Waals surface area contributed by atoms with Gasteiger partial charge < -0.3 is 15.5 Å². The first-order chi connectivity index (χ1) is 10.5. The second-order valence-electron chi connectivity index (χ2n) is 5.84. The number of nitro groups is 1. The van der Waals surface area contributed by atoms with E-state index < -0.39 is 4.92 Å². The van der Waals surface area contributed by atoms with Gasteiger partial charge in [0.25, 0.3) is 5.69 Å². The summed E-state index contributed by atoms with van der Waals surface area (Å²) in [6.45, 7) is 4.09. The molecule has 120 valence electrons. The number of nitrogens with zero attached hydrogens (tertiary/aromatic N) is 2. The predicted molar refractivity (Wildman–Crippen MR) is 84.9 cm³/mol. The van der Waals surface area contributed by atoms with Gasteiger partial charge >= 0.3 is 6.03 Å². The van der Waals surface area contributed by atoms with Gasteiger partial charge in [0.2, 0.25) is 0 Å². The Morgan fingerprint density at radius 2 is 2.09 bits per heavy atom. The van der Waals surface area contributed by atoms with Gasteiger partial charge in [-0.05, 0) is 51.9 Å². The van der Waals surface area contributed by atoms with Crippen LogP contribution in [0.1, 0.15) is 19.8 Å². The van der Waals surface area contributed by atoms with Crippen LogP contribution < -0.4 is 10.6 Å². The summed E-state index contributed by atoms with van der Waals surface area (Å²) >= 11 is 0. The fourth-order valence-corrected chi connectivity index (χ4v) is 2.72. The molecule has 1 heterocycles. The van der Waals surface area contributed by atoms with Crippen LogP contribution in [-0.2, 0) is 0 Å². The molecular formula is C15H22N4O3. The fourth-order valence-electron chi connectivity index (χ4n) is 2.72. The number of carbonyl (C=O) groups excluding carboxylic acids is 1. The van der Waals surface area contributed by atoms with Crippen LogP contribution in [0.5, 0.6) is 0 Å². The third-order valence-corrected chi connectivity index (χ3v) is 4.14. The van der Waals surface area contributed by atoms with Crippen molar-refractivity contribution in [1.82, 2.24) is 10.2 Å². The predicted octanol–water partition coefficient (Wildman–Crippen LogP) is 2.45. The molecule has 1 atom stereocenters. The highest BCUT2D eigenvalue weighted by Gasteiger charge is 2.23. The molecule has 22 heavy (non-hydrogen) atoms. The standard InChI is InChI=1S/C15H22N4O3/c1-11(12-6-8-18(2)9-7-12)16-15(20)17-13-4-3-5-14(10-13)19(21)22/h3-5,10-12H,6-9H2,1-2H3,(H2,16,17,20)/t11-/m0/s1. The Hall–Kier alpha value is -2.15.